The van der Waals surface area contributed by atoms with Crippen molar-refractivity contribution in [3.63, 3.8) is 0 Å². The maximum Gasteiger partial charge on any atom is 0.407 e. The van der Waals surface area contributed by atoms with E-state index in [1.165, 1.54) is 17.7 Å². The summed E-state index contributed by atoms with van der Waals surface area (Å²) in [6.07, 6.45) is 6.89. The molecule has 0 unspecified atom stereocenters. The summed E-state index contributed by atoms with van der Waals surface area (Å²) >= 11 is 0. The monoisotopic (exact) mass is 336 g/mol. The number of carbonyl (C=O) groups is 2. The highest BCUT2D eigenvalue weighted by molar-refractivity contribution is 5.78. The van der Waals surface area contributed by atoms with Crippen molar-refractivity contribution in [2.24, 2.45) is 0 Å². The van der Waals surface area contributed by atoms with Crippen molar-refractivity contribution in [3.8, 4) is 0 Å². The molecule has 3 aliphatic heterocycles. The van der Waals surface area contributed by atoms with Crippen LogP contribution in [0.1, 0.15) is 44.9 Å². The molecule has 3 heterocycles. The summed E-state index contributed by atoms with van der Waals surface area (Å²) in [5.74, 6) is 0. The summed E-state index contributed by atoms with van der Waals surface area (Å²) in [4.78, 5) is 29.6. The Hall–Kier alpha value is -1.50. The Balaban J connectivity index is 1.33. The molecular formula is C17H28N4O3. The predicted molar refractivity (Wildman–Crippen MR) is 89.0 cm³/mol. The van der Waals surface area contributed by atoms with E-state index in [-0.39, 0.29) is 6.03 Å². The number of urea groups is 1. The lowest BCUT2D eigenvalue weighted by Gasteiger charge is -2.41. The van der Waals surface area contributed by atoms with Crippen molar-refractivity contribution in [2.75, 3.05) is 26.2 Å². The number of likely N-dealkylation sites (tertiary alicyclic amines) is 2. The normalized spacial score (nSPS) is 35.2. The van der Waals surface area contributed by atoms with E-state index in [0.29, 0.717) is 37.3 Å². The lowest BCUT2D eigenvalue weighted by molar-refractivity contribution is 0.0822. The highest BCUT2D eigenvalue weighted by Gasteiger charge is 2.44. The van der Waals surface area contributed by atoms with E-state index in [0.717, 1.165) is 45.2 Å². The van der Waals surface area contributed by atoms with Gasteiger partial charge in [-0.1, -0.05) is 12.8 Å². The van der Waals surface area contributed by atoms with Gasteiger partial charge in [0, 0.05) is 38.3 Å². The number of rotatable bonds is 2. The van der Waals surface area contributed by atoms with Gasteiger partial charge in [0.1, 0.15) is 0 Å². The second kappa shape index (κ2) is 6.43. The Morgan fingerprint density at radius 2 is 1.71 bits per heavy atom. The molecule has 3 saturated heterocycles. The van der Waals surface area contributed by atoms with Crippen LogP contribution in [-0.2, 0) is 0 Å². The van der Waals surface area contributed by atoms with E-state index in [4.69, 9.17) is 5.11 Å². The van der Waals surface area contributed by atoms with E-state index in [9.17, 15) is 9.59 Å². The summed E-state index contributed by atoms with van der Waals surface area (Å²) in [6, 6.07) is 1.62. The Bertz CT molecular complexity index is 506. The molecule has 3 atom stereocenters. The molecule has 7 heteroatoms. The molecule has 3 amide bonds. The molecule has 4 fully saturated rings. The SMILES string of the molecule is O=C(O)N1CC[C@@H](N2CCC(N3C(=O)N[C@H]4CCCC[C@@H]43)CC2)C1. The van der Waals surface area contributed by atoms with Gasteiger partial charge in [-0.25, -0.2) is 9.59 Å². The average Bonchev–Trinajstić information content (AvgIpc) is 3.19. The van der Waals surface area contributed by atoms with E-state index >= 15 is 0 Å². The molecule has 0 aromatic heterocycles. The molecule has 1 saturated carbocycles. The van der Waals surface area contributed by atoms with Crippen molar-refractivity contribution in [1.29, 1.82) is 0 Å². The van der Waals surface area contributed by atoms with Crippen molar-refractivity contribution < 1.29 is 14.7 Å². The molecule has 0 bridgehead atoms. The number of nitrogens with zero attached hydrogens (tertiary/aromatic N) is 3. The highest BCUT2D eigenvalue weighted by atomic mass is 16.4. The zero-order valence-electron chi connectivity index (χ0n) is 14.2. The van der Waals surface area contributed by atoms with Gasteiger partial charge >= 0.3 is 12.1 Å². The molecular weight excluding hydrogens is 308 g/mol. The second-order valence-electron chi connectivity index (χ2n) is 7.75. The van der Waals surface area contributed by atoms with Crippen LogP contribution in [0.25, 0.3) is 0 Å². The molecule has 1 aliphatic carbocycles. The summed E-state index contributed by atoms with van der Waals surface area (Å²) in [5, 5.41) is 12.3. The topological polar surface area (TPSA) is 76.1 Å². The Kier molecular flexibility index (Phi) is 4.28. The fraction of sp³-hybridized carbons (Fsp3) is 0.882. The minimum atomic E-state index is -0.801. The molecule has 0 aromatic carbocycles. The van der Waals surface area contributed by atoms with Gasteiger partial charge in [0.25, 0.3) is 0 Å². The van der Waals surface area contributed by atoms with Gasteiger partial charge in [0.05, 0.1) is 12.1 Å². The lowest BCUT2D eigenvalue weighted by Crippen LogP contribution is -2.52. The van der Waals surface area contributed by atoms with Gasteiger partial charge in [0.15, 0.2) is 0 Å². The van der Waals surface area contributed by atoms with Gasteiger partial charge in [-0.2, -0.15) is 0 Å². The zero-order valence-corrected chi connectivity index (χ0v) is 14.2. The quantitative estimate of drug-likeness (QED) is 0.802. The van der Waals surface area contributed by atoms with Crippen LogP contribution in [0.15, 0.2) is 0 Å². The van der Waals surface area contributed by atoms with E-state index in [2.05, 4.69) is 15.1 Å². The lowest BCUT2D eigenvalue weighted by atomic mass is 9.89. The van der Waals surface area contributed by atoms with Crippen LogP contribution >= 0.6 is 0 Å². The number of piperidine rings is 1. The van der Waals surface area contributed by atoms with Crippen LogP contribution in [0.3, 0.4) is 0 Å². The van der Waals surface area contributed by atoms with Crippen LogP contribution in [0.4, 0.5) is 9.59 Å². The maximum absolute atomic E-state index is 12.4. The molecule has 4 rings (SSSR count). The van der Waals surface area contributed by atoms with E-state index in [1.54, 1.807) is 0 Å². The van der Waals surface area contributed by atoms with Gasteiger partial charge in [-0.3, -0.25) is 4.90 Å². The Morgan fingerprint density at radius 3 is 2.42 bits per heavy atom. The first-order chi connectivity index (χ1) is 11.6. The molecule has 0 radical (unpaired) electrons. The standard InChI is InChI=1S/C17H28N4O3/c22-16-18-14-3-1-2-4-15(14)21(16)12-5-8-19(9-6-12)13-7-10-20(11-13)17(23)24/h12-15H,1-11H2,(H,18,22)(H,23,24)/t13-,14+,15+/m1/s1. The third kappa shape index (κ3) is 2.83. The number of hydrogen-bond donors (Lipinski definition) is 2. The minimum absolute atomic E-state index is 0.142. The minimum Gasteiger partial charge on any atom is -0.465 e. The summed E-state index contributed by atoms with van der Waals surface area (Å²) in [7, 11) is 0. The number of carbonyl (C=O) groups excluding carboxylic acids is 1. The maximum atomic E-state index is 12.4. The Labute approximate surface area is 143 Å². The van der Waals surface area contributed by atoms with Crippen molar-refractivity contribution in [3.05, 3.63) is 0 Å². The van der Waals surface area contributed by atoms with Crippen LogP contribution < -0.4 is 5.32 Å². The first-order valence-corrected chi connectivity index (χ1v) is 9.44. The fourth-order valence-electron chi connectivity index (χ4n) is 5.18. The number of nitrogens with one attached hydrogen (secondary N) is 1. The highest BCUT2D eigenvalue weighted by Crippen LogP contribution is 2.33. The van der Waals surface area contributed by atoms with Crippen LogP contribution in [0.2, 0.25) is 0 Å². The van der Waals surface area contributed by atoms with Crippen molar-refractivity contribution in [2.45, 2.75) is 69.1 Å². The van der Waals surface area contributed by atoms with E-state index < -0.39 is 6.09 Å². The molecule has 4 aliphatic rings. The van der Waals surface area contributed by atoms with Crippen LogP contribution in [0.5, 0.6) is 0 Å². The first kappa shape index (κ1) is 16.0. The molecule has 24 heavy (non-hydrogen) atoms. The van der Waals surface area contributed by atoms with Crippen molar-refractivity contribution in [1.82, 2.24) is 20.0 Å². The zero-order chi connectivity index (χ0) is 16.7. The van der Waals surface area contributed by atoms with Crippen LogP contribution in [0, 0.1) is 0 Å². The molecule has 0 spiro atoms. The summed E-state index contributed by atoms with van der Waals surface area (Å²) < 4.78 is 0. The molecule has 7 nitrogen and oxygen atoms in total. The second-order valence-corrected chi connectivity index (χ2v) is 7.75. The predicted octanol–water partition coefficient (Wildman–Crippen LogP) is 1.54. The summed E-state index contributed by atoms with van der Waals surface area (Å²) in [5.41, 5.74) is 0. The van der Waals surface area contributed by atoms with Gasteiger partial charge in [-0.05, 0) is 32.1 Å². The first-order valence-electron chi connectivity index (χ1n) is 9.44. The van der Waals surface area contributed by atoms with Gasteiger partial charge < -0.3 is 20.2 Å². The molecule has 134 valence electrons. The fourth-order valence-corrected chi connectivity index (χ4v) is 5.18. The molecule has 2 N–H and O–H groups in total. The average molecular weight is 336 g/mol. The number of fused-ring (bicyclic) bond motifs is 1. The Morgan fingerprint density at radius 1 is 1.00 bits per heavy atom. The van der Waals surface area contributed by atoms with E-state index in [1.807, 2.05) is 0 Å². The number of hydrogen-bond acceptors (Lipinski definition) is 3. The van der Waals surface area contributed by atoms with Crippen molar-refractivity contribution >= 4 is 12.1 Å². The smallest absolute Gasteiger partial charge is 0.407 e. The third-order valence-corrected chi connectivity index (χ3v) is 6.47. The third-order valence-electron chi connectivity index (χ3n) is 6.47. The number of carboxylic acid groups (broad SMARTS) is 1. The largest absolute Gasteiger partial charge is 0.465 e. The van der Waals surface area contributed by atoms with Crippen LogP contribution in [-0.4, -0.2) is 82.3 Å². The molecule has 0 aromatic rings. The van der Waals surface area contributed by atoms with Gasteiger partial charge in [-0.15, -0.1) is 0 Å². The number of amides is 3. The summed E-state index contributed by atoms with van der Waals surface area (Å²) in [6.45, 7) is 3.24. The van der Waals surface area contributed by atoms with Gasteiger partial charge in [0.2, 0.25) is 0 Å².